The molecule has 0 saturated carbocycles. The van der Waals surface area contributed by atoms with Gasteiger partial charge in [-0.3, -0.25) is 4.79 Å². The van der Waals surface area contributed by atoms with Gasteiger partial charge in [-0.2, -0.15) is 5.10 Å². The molecule has 0 bridgehead atoms. The number of nitrogen functional groups attached to an aromatic ring is 1. The Morgan fingerprint density at radius 1 is 1.75 bits per heavy atom. The van der Waals surface area contributed by atoms with Crippen molar-refractivity contribution >= 4 is 11.7 Å². The van der Waals surface area contributed by atoms with E-state index in [1.807, 2.05) is 6.92 Å². The summed E-state index contributed by atoms with van der Waals surface area (Å²) in [5, 5.41) is 3.92. The minimum atomic E-state index is -0.545. The Bertz CT molecular complexity index is 292. The number of carbonyl (C=O) groups excluding carboxylic acids is 1. The first-order chi connectivity index (χ1) is 5.65. The van der Waals surface area contributed by atoms with Gasteiger partial charge in [0.05, 0.1) is 0 Å². The van der Waals surface area contributed by atoms with E-state index in [4.69, 9.17) is 11.5 Å². The van der Waals surface area contributed by atoms with Gasteiger partial charge in [-0.05, 0) is 6.42 Å². The molecule has 66 valence electrons. The molecule has 12 heavy (non-hydrogen) atoms. The lowest BCUT2D eigenvalue weighted by molar-refractivity contribution is 0.0994. The first-order valence-corrected chi connectivity index (χ1v) is 3.78. The molecule has 1 amide bonds. The average Bonchev–Trinajstić information content (AvgIpc) is 2.34. The first kappa shape index (κ1) is 8.58. The predicted molar refractivity (Wildman–Crippen MR) is 45.4 cm³/mol. The number of anilines is 1. The second-order valence-corrected chi connectivity index (χ2v) is 2.54. The molecule has 0 unspecified atom stereocenters. The van der Waals surface area contributed by atoms with E-state index in [1.165, 1.54) is 6.07 Å². The number of rotatable bonds is 3. The van der Waals surface area contributed by atoms with Crippen molar-refractivity contribution in [3.63, 3.8) is 0 Å². The summed E-state index contributed by atoms with van der Waals surface area (Å²) in [6, 6.07) is 1.48. The first-order valence-electron chi connectivity index (χ1n) is 3.78. The fourth-order valence-electron chi connectivity index (χ4n) is 0.943. The number of primary amides is 1. The smallest absolute Gasteiger partial charge is 0.269 e. The van der Waals surface area contributed by atoms with E-state index in [0.29, 0.717) is 12.4 Å². The zero-order valence-electron chi connectivity index (χ0n) is 6.95. The number of aromatic nitrogens is 2. The summed E-state index contributed by atoms with van der Waals surface area (Å²) in [5.74, 6) is -0.0674. The molecule has 0 aliphatic heterocycles. The number of hydrogen-bond donors (Lipinski definition) is 2. The molecule has 4 N–H and O–H groups in total. The molecular weight excluding hydrogens is 156 g/mol. The molecule has 0 aliphatic carbocycles. The summed E-state index contributed by atoms with van der Waals surface area (Å²) >= 11 is 0. The third-order valence-corrected chi connectivity index (χ3v) is 1.50. The van der Waals surface area contributed by atoms with Crippen LogP contribution in [0.5, 0.6) is 0 Å². The van der Waals surface area contributed by atoms with Gasteiger partial charge >= 0.3 is 0 Å². The van der Waals surface area contributed by atoms with Crippen LogP contribution in [0.2, 0.25) is 0 Å². The number of nitrogens with two attached hydrogens (primary N) is 2. The third kappa shape index (κ3) is 1.55. The van der Waals surface area contributed by atoms with Crippen LogP contribution in [-0.2, 0) is 6.54 Å². The van der Waals surface area contributed by atoms with Gasteiger partial charge in [0.1, 0.15) is 5.82 Å². The summed E-state index contributed by atoms with van der Waals surface area (Å²) in [5.41, 5.74) is 10.8. The monoisotopic (exact) mass is 168 g/mol. The van der Waals surface area contributed by atoms with Crippen molar-refractivity contribution in [2.45, 2.75) is 19.9 Å². The van der Waals surface area contributed by atoms with E-state index < -0.39 is 5.91 Å². The van der Waals surface area contributed by atoms with Crippen LogP contribution in [0.15, 0.2) is 6.07 Å². The molecule has 1 aromatic rings. The van der Waals surface area contributed by atoms with Crippen LogP contribution in [0.3, 0.4) is 0 Å². The maximum atomic E-state index is 10.7. The fraction of sp³-hybridized carbons (Fsp3) is 0.429. The minimum Gasteiger partial charge on any atom is -0.384 e. The highest BCUT2D eigenvalue weighted by Gasteiger charge is 2.07. The van der Waals surface area contributed by atoms with Crippen LogP contribution in [0.25, 0.3) is 0 Å². The summed E-state index contributed by atoms with van der Waals surface area (Å²) in [6.07, 6.45) is 0.921. The fourth-order valence-corrected chi connectivity index (χ4v) is 0.943. The molecule has 0 atom stereocenters. The Hall–Kier alpha value is -1.52. The summed E-state index contributed by atoms with van der Waals surface area (Å²) < 4.78 is 1.57. The van der Waals surface area contributed by atoms with Gasteiger partial charge in [0.2, 0.25) is 0 Å². The molecule has 5 heteroatoms. The second kappa shape index (κ2) is 3.25. The van der Waals surface area contributed by atoms with Crippen molar-refractivity contribution in [3.8, 4) is 0 Å². The predicted octanol–water partition coefficient (Wildman–Crippen LogP) is -0.0258. The van der Waals surface area contributed by atoms with Crippen molar-refractivity contribution in [1.29, 1.82) is 0 Å². The van der Waals surface area contributed by atoms with Crippen LogP contribution in [0.4, 0.5) is 5.82 Å². The maximum Gasteiger partial charge on any atom is 0.269 e. The lowest BCUT2D eigenvalue weighted by Gasteiger charge is -1.98. The van der Waals surface area contributed by atoms with E-state index in [2.05, 4.69) is 5.10 Å². The molecule has 0 saturated heterocycles. The largest absolute Gasteiger partial charge is 0.384 e. The standard InChI is InChI=1S/C7H12N4O/c1-2-3-11-6(8)4-5(10-11)7(9)12/h4H,2-3,8H2,1H3,(H2,9,12). The van der Waals surface area contributed by atoms with Gasteiger partial charge in [-0.25, -0.2) is 4.68 Å². The quantitative estimate of drug-likeness (QED) is 0.664. The molecular formula is C7H12N4O. The number of carbonyl (C=O) groups is 1. The molecule has 5 nitrogen and oxygen atoms in total. The summed E-state index contributed by atoms with van der Waals surface area (Å²) in [7, 11) is 0. The second-order valence-electron chi connectivity index (χ2n) is 2.54. The van der Waals surface area contributed by atoms with Crippen molar-refractivity contribution < 1.29 is 4.79 Å². The van der Waals surface area contributed by atoms with Gasteiger partial charge in [0.25, 0.3) is 5.91 Å². The highest BCUT2D eigenvalue weighted by molar-refractivity contribution is 5.91. The van der Waals surface area contributed by atoms with Crippen molar-refractivity contribution in [3.05, 3.63) is 11.8 Å². The van der Waals surface area contributed by atoms with Gasteiger partial charge in [-0.1, -0.05) is 6.92 Å². The number of aryl methyl sites for hydroxylation is 1. The van der Waals surface area contributed by atoms with Crippen LogP contribution in [0, 0.1) is 0 Å². The summed E-state index contributed by atoms with van der Waals surface area (Å²) in [6.45, 7) is 2.71. The topological polar surface area (TPSA) is 86.9 Å². The van der Waals surface area contributed by atoms with Crippen LogP contribution < -0.4 is 11.5 Å². The molecule has 0 radical (unpaired) electrons. The van der Waals surface area contributed by atoms with Crippen LogP contribution in [-0.4, -0.2) is 15.7 Å². The Kier molecular flexibility index (Phi) is 2.32. The Labute approximate surface area is 70.3 Å². The minimum absolute atomic E-state index is 0.223. The molecule has 0 fully saturated rings. The van der Waals surface area contributed by atoms with Gasteiger partial charge < -0.3 is 11.5 Å². The van der Waals surface area contributed by atoms with Gasteiger partial charge in [-0.15, -0.1) is 0 Å². The van der Waals surface area contributed by atoms with Gasteiger partial charge in [0, 0.05) is 12.6 Å². The Balaban J connectivity index is 2.92. The Morgan fingerprint density at radius 3 is 2.83 bits per heavy atom. The van der Waals surface area contributed by atoms with E-state index in [9.17, 15) is 4.79 Å². The molecule has 0 aliphatic rings. The van der Waals surface area contributed by atoms with Crippen molar-refractivity contribution in [2.24, 2.45) is 5.73 Å². The third-order valence-electron chi connectivity index (χ3n) is 1.50. The zero-order chi connectivity index (χ0) is 9.14. The van der Waals surface area contributed by atoms with E-state index in [0.717, 1.165) is 6.42 Å². The normalized spacial score (nSPS) is 10.1. The van der Waals surface area contributed by atoms with Gasteiger partial charge in [0.15, 0.2) is 5.69 Å². The number of nitrogens with zero attached hydrogens (tertiary/aromatic N) is 2. The molecule has 1 rings (SSSR count). The highest BCUT2D eigenvalue weighted by atomic mass is 16.1. The average molecular weight is 168 g/mol. The van der Waals surface area contributed by atoms with Crippen molar-refractivity contribution in [2.75, 3.05) is 5.73 Å². The molecule has 0 aromatic carbocycles. The Morgan fingerprint density at radius 2 is 2.42 bits per heavy atom. The summed E-state index contributed by atoms with van der Waals surface area (Å²) in [4.78, 5) is 10.7. The number of amides is 1. The van der Waals surface area contributed by atoms with Crippen LogP contribution in [0.1, 0.15) is 23.8 Å². The van der Waals surface area contributed by atoms with Crippen LogP contribution >= 0.6 is 0 Å². The number of hydrogen-bond acceptors (Lipinski definition) is 3. The van der Waals surface area contributed by atoms with E-state index in [-0.39, 0.29) is 5.69 Å². The van der Waals surface area contributed by atoms with E-state index >= 15 is 0 Å². The molecule has 1 aromatic heterocycles. The molecule has 0 spiro atoms. The maximum absolute atomic E-state index is 10.7. The van der Waals surface area contributed by atoms with E-state index in [1.54, 1.807) is 4.68 Å². The molecule has 1 heterocycles. The SMILES string of the molecule is CCCn1nc(C(N)=O)cc1N. The lowest BCUT2D eigenvalue weighted by atomic mass is 10.4. The highest BCUT2D eigenvalue weighted by Crippen LogP contribution is 2.05. The van der Waals surface area contributed by atoms with Crippen molar-refractivity contribution in [1.82, 2.24) is 9.78 Å². The zero-order valence-corrected chi connectivity index (χ0v) is 6.95. The lowest BCUT2D eigenvalue weighted by Crippen LogP contribution is -2.12.